The van der Waals surface area contributed by atoms with E-state index >= 15 is 0 Å². The van der Waals surface area contributed by atoms with Gasteiger partial charge in [-0.25, -0.2) is 0 Å². The summed E-state index contributed by atoms with van der Waals surface area (Å²) in [5.41, 5.74) is 0.0170. The van der Waals surface area contributed by atoms with Crippen molar-refractivity contribution in [2.24, 2.45) is 11.8 Å². The number of unbranched alkanes of at least 4 members (excludes halogenated alkanes) is 1. The predicted octanol–water partition coefficient (Wildman–Crippen LogP) is 2.98. The molecule has 5 rings (SSSR count). The zero-order chi connectivity index (χ0) is 28.3. The van der Waals surface area contributed by atoms with Gasteiger partial charge in [-0.3, -0.25) is 14.4 Å². The predicted molar refractivity (Wildman–Crippen MR) is 151 cm³/mol. The fraction of sp³-hybridized carbons (Fsp3) is 0.531. The molecule has 3 amide bonds. The average molecular weight is 548 g/mol. The van der Waals surface area contributed by atoms with Crippen LogP contribution in [-0.2, 0) is 32.1 Å². The number of nitrogens with one attached hydrogen (secondary N) is 2. The number of carbonyl (C=O) groups excluding carboxylic acids is 3. The van der Waals surface area contributed by atoms with E-state index in [1.165, 1.54) is 0 Å². The summed E-state index contributed by atoms with van der Waals surface area (Å²) in [6.45, 7) is 4.59. The highest BCUT2D eigenvalue weighted by Gasteiger charge is 2.79. The van der Waals surface area contributed by atoms with Gasteiger partial charge < -0.3 is 25.4 Å². The summed E-state index contributed by atoms with van der Waals surface area (Å²) in [4.78, 5) is 43.7. The summed E-state index contributed by atoms with van der Waals surface area (Å²) in [6.07, 6.45) is 3.83. The molecular weight excluding hydrogens is 506 g/mol. The number of benzene rings is 2. The normalized spacial score (nSPS) is 29.3. The number of aliphatic hydroxyl groups excluding tert-OH is 1. The van der Waals surface area contributed by atoms with Crippen LogP contribution in [0.1, 0.15) is 57.1 Å². The lowest BCUT2D eigenvalue weighted by molar-refractivity contribution is -0.151. The van der Waals surface area contributed by atoms with Crippen LogP contribution in [0, 0.1) is 11.8 Å². The van der Waals surface area contributed by atoms with Gasteiger partial charge in [0.25, 0.3) is 0 Å². The molecule has 8 heteroatoms. The molecular formula is C32H41N3O5. The van der Waals surface area contributed by atoms with E-state index in [4.69, 9.17) is 4.74 Å². The highest BCUT2D eigenvalue weighted by atomic mass is 16.5. The van der Waals surface area contributed by atoms with Crippen molar-refractivity contribution >= 4 is 17.7 Å². The number of rotatable bonds is 12. The minimum absolute atomic E-state index is 0.221. The Balaban J connectivity index is 1.50. The second-order valence-electron chi connectivity index (χ2n) is 11.5. The Morgan fingerprint density at radius 2 is 1.68 bits per heavy atom. The SMILES string of the molecule is CCCCNC(=O)C1N([C@@H](CO)Cc2ccccc2)C(=O)[C@@H]2[C@H](C(=O)NCc3ccccc3)[C@]3(CC)CCC12O3. The first-order valence-electron chi connectivity index (χ1n) is 14.7. The van der Waals surface area contributed by atoms with E-state index in [-0.39, 0.29) is 24.3 Å². The number of likely N-dealkylation sites (tertiary alicyclic amines) is 1. The molecule has 1 spiro atoms. The monoisotopic (exact) mass is 547 g/mol. The number of carbonyl (C=O) groups is 3. The summed E-state index contributed by atoms with van der Waals surface area (Å²) >= 11 is 0. The fourth-order valence-electron chi connectivity index (χ4n) is 7.26. The van der Waals surface area contributed by atoms with Crippen molar-refractivity contribution in [3.8, 4) is 0 Å². The summed E-state index contributed by atoms with van der Waals surface area (Å²) in [5.74, 6) is -2.27. The number of nitrogens with zero attached hydrogens (tertiary/aromatic N) is 1. The minimum atomic E-state index is -1.11. The van der Waals surface area contributed by atoms with E-state index in [0.717, 1.165) is 24.0 Å². The molecule has 2 aromatic carbocycles. The zero-order valence-corrected chi connectivity index (χ0v) is 23.5. The highest BCUT2D eigenvalue weighted by Crippen LogP contribution is 2.64. The Hall–Kier alpha value is -3.23. The van der Waals surface area contributed by atoms with Crippen LogP contribution in [0.15, 0.2) is 60.7 Å². The van der Waals surface area contributed by atoms with Crippen molar-refractivity contribution in [2.45, 2.75) is 82.2 Å². The van der Waals surface area contributed by atoms with Crippen LogP contribution in [-0.4, -0.2) is 64.2 Å². The van der Waals surface area contributed by atoms with Gasteiger partial charge in [0, 0.05) is 13.1 Å². The first-order chi connectivity index (χ1) is 19.4. The first kappa shape index (κ1) is 28.3. The van der Waals surface area contributed by atoms with Gasteiger partial charge in [0.1, 0.15) is 11.6 Å². The molecule has 40 heavy (non-hydrogen) atoms. The molecule has 2 aromatic rings. The van der Waals surface area contributed by atoms with Crippen LogP contribution in [0.5, 0.6) is 0 Å². The molecule has 3 heterocycles. The topological polar surface area (TPSA) is 108 Å². The molecule has 0 aliphatic carbocycles. The largest absolute Gasteiger partial charge is 0.394 e. The smallest absolute Gasteiger partial charge is 0.245 e. The van der Waals surface area contributed by atoms with Crippen molar-refractivity contribution in [1.82, 2.24) is 15.5 Å². The molecule has 3 N–H and O–H groups in total. The first-order valence-corrected chi connectivity index (χ1v) is 14.7. The Morgan fingerprint density at radius 1 is 1.00 bits per heavy atom. The van der Waals surface area contributed by atoms with Gasteiger partial charge >= 0.3 is 0 Å². The summed E-state index contributed by atoms with van der Waals surface area (Å²) < 4.78 is 6.83. The van der Waals surface area contributed by atoms with E-state index in [9.17, 15) is 19.5 Å². The van der Waals surface area contributed by atoms with E-state index in [1.54, 1.807) is 4.90 Å². The van der Waals surface area contributed by atoms with Gasteiger partial charge in [-0.05, 0) is 43.2 Å². The van der Waals surface area contributed by atoms with Crippen LogP contribution in [0.4, 0.5) is 0 Å². The fourth-order valence-corrected chi connectivity index (χ4v) is 7.26. The van der Waals surface area contributed by atoms with Crippen molar-refractivity contribution < 1.29 is 24.2 Å². The third-order valence-electron chi connectivity index (χ3n) is 9.21. The molecule has 6 atom stereocenters. The molecule has 2 bridgehead atoms. The number of hydrogen-bond donors (Lipinski definition) is 3. The Bertz CT molecular complexity index is 1210. The second kappa shape index (κ2) is 11.7. The Morgan fingerprint density at radius 3 is 2.30 bits per heavy atom. The number of amides is 3. The van der Waals surface area contributed by atoms with E-state index < -0.39 is 35.1 Å². The van der Waals surface area contributed by atoms with E-state index in [1.807, 2.05) is 67.6 Å². The van der Waals surface area contributed by atoms with Crippen LogP contribution >= 0.6 is 0 Å². The van der Waals surface area contributed by atoms with Crippen molar-refractivity contribution in [3.63, 3.8) is 0 Å². The standard InChI is InChI=1S/C32H41N3O5/c1-3-5-18-33-29(38)27-32-17-16-31(4-2,40-32)25(28(37)34-20-23-14-10-7-11-15-23)26(32)30(39)35(27)24(21-36)19-22-12-8-6-9-13-22/h6-15,24-27,36H,3-5,16-21H2,1-2H3,(H,33,38)(H,34,37)/t24-,25-,26+,27?,31+,32?/m1/s1. The molecule has 0 saturated carbocycles. The van der Waals surface area contributed by atoms with Crippen molar-refractivity contribution in [1.29, 1.82) is 0 Å². The zero-order valence-electron chi connectivity index (χ0n) is 23.5. The Labute approximate surface area is 236 Å². The van der Waals surface area contributed by atoms with E-state index in [0.29, 0.717) is 38.8 Å². The van der Waals surface area contributed by atoms with Gasteiger partial charge in [0.15, 0.2) is 0 Å². The summed E-state index contributed by atoms with van der Waals surface area (Å²) in [5, 5.41) is 16.6. The molecule has 3 aliphatic rings. The molecule has 0 radical (unpaired) electrons. The lowest BCUT2D eigenvalue weighted by atomic mass is 9.65. The molecule has 8 nitrogen and oxygen atoms in total. The quantitative estimate of drug-likeness (QED) is 0.354. The lowest BCUT2D eigenvalue weighted by Crippen LogP contribution is -2.58. The third kappa shape index (κ3) is 4.81. The maximum absolute atomic E-state index is 14.4. The van der Waals surface area contributed by atoms with Crippen LogP contribution in [0.25, 0.3) is 0 Å². The minimum Gasteiger partial charge on any atom is -0.394 e. The van der Waals surface area contributed by atoms with E-state index in [2.05, 4.69) is 17.6 Å². The number of aliphatic hydroxyl groups is 1. The molecule has 3 aliphatic heterocycles. The molecule has 214 valence electrons. The summed E-state index contributed by atoms with van der Waals surface area (Å²) in [7, 11) is 0. The lowest BCUT2D eigenvalue weighted by Gasteiger charge is -2.37. The summed E-state index contributed by atoms with van der Waals surface area (Å²) in [6, 6.07) is 17.8. The Kier molecular flexibility index (Phi) is 8.29. The van der Waals surface area contributed by atoms with Crippen LogP contribution in [0.2, 0.25) is 0 Å². The molecule has 3 saturated heterocycles. The number of fused-ring (bicyclic) bond motifs is 1. The number of ether oxygens (including phenoxy) is 1. The molecule has 0 aromatic heterocycles. The average Bonchev–Trinajstić information content (AvgIpc) is 3.59. The highest BCUT2D eigenvalue weighted by molar-refractivity contribution is 5.99. The third-order valence-corrected chi connectivity index (χ3v) is 9.21. The van der Waals surface area contributed by atoms with Crippen LogP contribution in [0.3, 0.4) is 0 Å². The second-order valence-corrected chi connectivity index (χ2v) is 11.5. The maximum Gasteiger partial charge on any atom is 0.245 e. The van der Waals surface area contributed by atoms with Gasteiger partial charge in [0.2, 0.25) is 17.7 Å². The van der Waals surface area contributed by atoms with Crippen molar-refractivity contribution in [2.75, 3.05) is 13.2 Å². The molecule has 3 fully saturated rings. The van der Waals surface area contributed by atoms with Crippen LogP contribution < -0.4 is 10.6 Å². The number of hydrogen-bond acceptors (Lipinski definition) is 5. The molecule has 2 unspecified atom stereocenters. The maximum atomic E-state index is 14.4. The van der Waals surface area contributed by atoms with Gasteiger partial charge in [0.05, 0.1) is 30.1 Å². The van der Waals surface area contributed by atoms with Crippen molar-refractivity contribution in [3.05, 3.63) is 71.8 Å². The van der Waals surface area contributed by atoms with Gasteiger partial charge in [-0.1, -0.05) is 80.9 Å². The van der Waals surface area contributed by atoms with Gasteiger partial charge in [-0.15, -0.1) is 0 Å². The van der Waals surface area contributed by atoms with Gasteiger partial charge in [-0.2, -0.15) is 0 Å².